The van der Waals surface area contributed by atoms with Crippen LogP contribution in [0.4, 0.5) is 0 Å². The van der Waals surface area contributed by atoms with Gasteiger partial charge in [-0.05, 0) is 83.5 Å². The molecule has 0 saturated heterocycles. The number of carbonyl (C=O) groups excluding carboxylic acids is 2. The number of nitrogens with one attached hydrogen (secondary N) is 1. The minimum absolute atomic E-state index is 0.00300. The molecular weight excluding hydrogens is 923 g/mol. The topological polar surface area (TPSA) is 95.9 Å². The van der Waals surface area contributed by atoms with Crippen LogP contribution in [-0.4, -0.2) is 47.4 Å². The summed E-state index contributed by atoms with van der Waals surface area (Å²) >= 11 is 0. The van der Waals surface area contributed by atoms with Crippen LogP contribution in [0.2, 0.25) is 0 Å². The first-order valence-corrected chi connectivity index (χ1v) is 33.7. The molecule has 0 aliphatic heterocycles. The fourth-order valence-corrected chi connectivity index (χ4v) is 10.5. The molecule has 6 nitrogen and oxygen atoms in total. The van der Waals surface area contributed by atoms with Crippen molar-refractivity contribution in [3.8, 4) is 0 Å². The monoisotopic (exact) mass is 1050 g/mol. The third-order valence-corrected chi connectivity index (χ3v) is 15.7. The van der Waals surface area contributed by atoms with Crippen LogP contribution in [0, 0.1) is 0 Å². The van der Waals surface area contributed by atoms with Gasteiger partial charge in [-0.3, -0.25) is 9.59 Å². The summed E-state index contributed by atoms with van der Waals surface area (Å²) in [4.78, 5) is 24.6. The Hall–Kier alpha value is -1.92. The van der Waals surface area contributed by atoms with E-state index in [1.807, 2.05) is 0 Å². The van der Waals surface area contributed by atoms with Crippen LogP contribution in [0.1, 0.15) is 367 Å². The molecule has 0 aromatic carbocycles. The van der Waals surface area contributed by atoms with Crippen molar-refractivity contribution in [1.82, 2.24) is 5.32 Å². The minimum Gasteiger partial charge on any atom is -0.466 e. The third kappa shape index (κ3) is 61.2. The zero-order valence-electron chi connectivity index (χ0n) is 50.5. The number of rotatable bonds is 63. The van der Waals surface area contributed by atoms with Crippen LogP contribution in [0.3, 0.4) is 0 Å². The lowest BCUT2D eigenvalue weighted by molar-refractivity contribution is -0.143. The lowest BCUT2D eigenvalue weighted by Crippen LogP contribution is -2.45. The Morgan fingerprint density at radius 3 is 1.03 bits per heavy atom. The highest BCUT2D eigenvalue weighted by Crippen LogP contribution is 2.18. The fourth-order valence-electron chi connectivity index (χ4n) is 10.5. The number of amides is 1. The minimum atomic E-state index is -0.667. The second kappa shape index (κ2) is 64.6. The van der Waals surface area contributed by atoms with Crippen LogP contribution in [0.15, 0.2) is 36.5 Å². The molecule has 0 bridgehead atoms. The maximum atomic E-state index is 12.5. The molecule has 0 aliphatic carbocycles. The van der Waals surface area contributed by atoms with Crippen molar-refractivity contribution in [2.45, 2.75) is 379 Å². The molecule has 0 spiro atoms. The van der Waals surface area contributed by atoms with Gasteiger partial charge < -0.3 is 20.3 Å². The predicted octanol–water partition coefficient (Wildman–Crippen LogP) is 21.5. The van der Waals surface area contributed by atoms with Gasteiger partial charge in [-0.1, -0.05) is 307 Å². The number of aliphatic hydroxyl groups excluding tert-OH is 2. The maximum absolute atomic E-state index is 12.5. The fraction of sp³-hybridized carbons (Fsp3) is 0.884. The number of carbonyl (C=O) groups is 2. The molecule has 0 aliphatic rings. The van der Waals surface area contributed by atoms with Crippen molar-refractivity contribution in [2.24, 2.45) is 0 Å². The Kier molecular flexibility index (Phi) is 63.0. The molecule has 6 heteroatoms. The third-order valence-electron chi connectivity index (χ3n) is 15.7. The smallest absolute Gasteiger partial charge is 0.305 e. The molecule has 0 fully saturated rings. The highest BCUT2D eigenvalue weighted by molar-refractivity contribution is 5.76. The maximum Gasteiger partial charge on any atom is 0.305 e. The second-order valence-electron chi connectivity index (χ2n) is 23.1. The summed E-state index contributed by atoms with van der Waals surface area (Å²) in [6, 6.07) is -0.544. The van der Waals surface area contributed by atoms with E-state index in [9.17, 15) is 19.8 Å². The molecule has 0 heterocycles. The van der Waals surface area contributed by atoms with E-state index in [0.717, 1.165) is 51.4 Å². The first-order chi connectivity index (χ1) is 37.0. The zero-order chi connectivity index (χ0) is 54.3. The number of hydrogen-bond donors (Lipinski definition) is 3. The Bertz CT molecular complexity index is 1210. The summed E-state index contributed by atoms with van der Waals surface area (Å²) in [5.74, 6) is -0.0329. The SMILES string of the molecule is CCCCCCCC/C=C\CCCCCCCC(=O)OCCCCCCCCCCC/C=C\C/C=C\CCCCCCCCCCCCCC(=O)NC(CO)C(O)CCCCCCCCCCCCCCCCCC. The standard InChI is InChI=1S/C69H131NO5/c1-3-5-7-9-11-13-15-17-19-34-37-41-45-49-53-57-61-67(72)66(65-71)70-68(73)62-58-54-50-46-42-38-35-31-29-27-25-23-21-20-22-24-26-28-30-32-36-40-44-48-52-56-60-64-75-69(74)63-59-55-51-47-43-39-33-18-16-14-12-10-8-6-4-2/h18,20-21,24,26,33,66-67,71-72H,3-17,19,22-23,25,27-32,34-65H2,1-2H3,(H,70,73)/b21-20-,26-24-,33-18-. The highest BCUT2D eigenvalue weighted by atomic mass is 16.5. The molecular formula is C69H131NO5. The number of hydrogen-bond acceptors (Lipinski definition) is 5. The molecule has 1 amide bonds. The summed E-state index contributed by atoms with van der Waals surface area (Å²) in [7, 11) is 0. The molecule has 2 atom stereocenters. The Morgan fingerprint density at radius 1 is 0.373 bits per heavy atom. The van der Waals surface area contributed by atoms with E-state index in [-0.39, 0.29) is 18.5 Å². The average molecular weight is 1050 g/mol. The van der Waals surface area contributed by atoms with Gasteiger partial charge in [-0.15, -0.1) is 0 Å². The Morgan fingerprint density at radius 2 is 0.667 bits per heavy atom. The average Bonchev–Trinajstić information content (AvgIpc) is 3.41. The molecule has 0 radical (unpaired) electrons. The van der Waals surface area contributed by atoms with E-state index in [0.29, 0.717) is 25.9 Å². The van der Waals surface area contributed by atoms with Crippen LogP contribution < -0.4 is 5.32 Å². The zero-order valence-corrected chi connectivity index (χ0v) is 50.5. The van der Waals surface area contributed by atoms with Crippen LogP contribution in [-0.2, 0) is 14.3 Å². The van der Waals surface area contributed by atoms with Gasteiger partial charge in [-0.25, -0.2) is 0 Å². The summed E-state index contributed by atoms with van der Waals surface area (Å²) in [5, 5.41) is 23.3. The van der Waals surface area contributed by atoms with Crippen LogP contribution >= 0.6 is 0 Å². The van der Waals surface area contributed by atoms with Crippen molar-refractivity contribution < 1.29 is 24.5 Å². The second-order valence-corrected chi connectivity index (χ2v) is 23.1. The van der Waals surface area contributed by atoms with E-state index in [1.165, 1.54) is 283 Å². The molecule has 0 rings (SSSR count). The summed E-state index contributed by atoms with van der Waals surface area (Å²) in [6.07, 6.45) is 81.7. The summed E-state index contributed by atoms with van der Waals surface area (Å²) < 4.78 is 5.48. The molecule has 442 valence electrons. The van der Waals surface area contributed by atoms with Crippen molar-refractivity contribution in [3.63, 3.8) is 0 Å². The Labute approximate surface area is 468 Å². The molecule has 2 unspecified atom stereocenters. The van der Waals surface area contributed by atoms with Gasteiger partial charge in [0.1, 0.15) is 0 Å². The summed E-state index contributed by atoms with van der Waals surface area (Å²) in [6.45, 7) is 4.96. The lowest BCUT2D eigenvalue weighted by atomic mass is 10.0. The highest BCUT2D eigenvalue weighted by Gasteiger charge is 2.20. The van der Waals surface area contributed by atoms with Gasteiger partial charge >= 0.3 is 5.97 Å². The molecule has 0 aromatic rings. The predicted molar refractivity (Wildman–Crippen MR) is 329 cm³/mol. The lowest BCUT2D eigenvalue weighted by Gasteiger charge is -2.22. The molecule has 0 aromatic heterocycles. The van der Waals surface area contributed by atoms with Gasteiger partial charge in [0.2, 0.25) is 5.91 Å². The van der Waals surface area contributed by atoms with Crippen molar-refractivity contribution in [1.29, 1.82) is 0 Å². The van der Waals surface area contributed by atoms with Crippen molar-refractivity contribution in [3.05, 3.63) is 36.5 Å². The number of ether oxygens (including phenoxy) is 1. The van der Waals surface area contributed by atoms with Crippen molar-refractivity contribution in [2.75, 3.05) is 13.2 Å². The number of allylic oxidation sites excluding steroid dienone is 6. The van der Waals surface area contributed by atoms with Crippen molar-refractivity contribution >= 4 is 11.9 Å². The molecule has 0 saturated carbocycles. The van der Waals surface area contributed by atoms with Gasteiger partial charge in [0.25, 0.3) is 0 Å². The van der Waals surface area contributed by atoms with E-state index >= 15 is 0 Å². The number of aliphatic hydroxyl groups is 2. The first kappa shape index (κ1) is 73.1. The van der Waals surface area contributed by atoms with Crippen LogP contribution in [0.5, 0.6) is 0 Å². The van der Waals surface area contributed by atoms with Gasteiger partial charge in [0.05, 0.1) is 25.4 Å². The quantitative estimate of drug-likeness (QED) is 0.0320. The number of esters is 1. The van der Waals surface area contributed by atoms with E-state index < -0.39 is 12.1 Å². The van der Waals surface area contributed by atoms with Gasteiger partial charge in [0, 0.05) is 12.8 Å². The van der Waals surface area contributed by atoms with Gasteiger partial charge in [-0.2, -0.15) is 0 Å². The van der Waals surface area contributed by atoms with E-state index in [1.54, 1.807) is 0 Å². The largest absolute Gasteiger partial charge is 0.466 e. The van der Waals surface area contributed by atoms with Crippen LogP contribution in [0.25, 0.3) is 0 Å². The van der Waals surface area contributed by atoms with E-state index in [4.69, 9.17) is 4.74 Å². The molecule has 75 heavy (non-hydrogen) atoms. The number of unbranched alkanes of at least 4 members (excludes halogenated alkanes) is 46. The van der Waals surface area contributed by atoms with Gasteiger partial charge in [0.15, 0.2) is 0 Å². The molecule has 3 N–H and O–H groups in total. The van der Waals surface area contributed by atoms with E-state index in [2.05, 4.69) is 55.6 Å². The Balaban J connectivity index is 3.42. The first-order valence-electron chi connectivity index (χ1n) is 33.7. The normalized spacial score (nSPS) is 12.7. The summed E-state index contributed by atoms with van der Waals surface area (Å²) in [5.41, 5.74) is 0.